The van der Waals surface area contributed by atoms with Crippen molar-refractivity contribution in [1.82, 2.24) is 9.71 Å². The van der Waals surface area contributed by atoms with Gasteiger partial charge in [0.2, 0.25) is 0 Å². The van der Waals surface area contributed by atoms with Gasteiger partial charge >= 0.3 is 0 Å². The monoisotopic (exact) mass is 352 g/mol. The lowest BCUT2D eigenvalue weighted by atomic mass is 10.1. The third-order valence-corrected chi connectivity index (χ3v) is 5.78. The summed E-state index contributed by atoms with van der Waals surface area (Å²) in [5.74, 6) is 0.397. The van der Waals surface area contributed by atoms with Crippen LogP contribution >= 0.6 is 0 Å². The van der Waals surface area contributed by atoms with Crippen LogP contribution in [0.2, 0.25) is 0 Å². The Morgan fingerprint density at radius 2 is 1.68 bits per heavy atom. The molecule has 0 fully saturated rings. The molecule has 1 aromatic heterocycles. The van der Waals surface area contributed by atoms with Crippen LogP contribution in [0.3, 0.4) is 0 Å². The summed E-state index contributed by atoms with van der Waals surface area (Å²) in [7, 11) is -4.04. The molecule has 0 aliphatic carbocycles. The average molecular weight is 352 g/mol. The van der Waals surface area contributed by atoms with Crippen LogP contribution in [0.1, 0.15) is 12.5 Å². The number of hydrogen-bond donors (Lipinski definition) is 2. The van der Waals surface area contributed by atoms with Gasteiger partial charge in [0.05, 0.1) is 5.52 Å². The van der Waals surface area contributed by atoms with Gasteiger partial charge in [0, 0.05) is 5.39 Å². The van der Waals surface area contributed by atoms with Crippen molar-refractivity contribution in [3.05, 3.63) is 72.3 Å². The molecule has 0 amide bonds. The van der Waals surface area contributed by atoms with Crippen molar-refractivity contribution in [1.29, 1.82) is 5.26 Å². The molecule has 0 saturated heterocycles. The zero-order chi connectivity index (χ0) is 17.9. The van der Waals surface area contributed by atoms with Crippen molar-refractivity contribution in [2.24, 2.45) is 0 Å². The fraction of sp³-hybridized carbons (Fsp3) is 0.111. The molecule has 1 heterocycles. The number of nitrogens with zero attached hydrogens (tertiary/aromatic N) is 2. The molecule has 0 radical (unpaired) electrons. The van der Waals surface area contributed by atoms with Crippen LogP contribution in [0, 0.1) is 11.5 Å². The molecule has 0 saturated carbocycles. The second kappa shape index (κ2) is 6.42. The maximum atomic E-state index is 12.7. The number of nitriles is 1. The van der Waals surface area contributed by atoms with Crippen LogP contribution in [0.5, 0.6) is 0 Å². The van der Waals surface area contributed by atoms with E-state index in [2.05, 4.69) is 10.3 Å². The van der Waals surface area contributed by atoms with Gasteiger partial charge in [0.15, 0.2) is 11.1 Å². The Labute approximate surface area is 146 Å². The highest BCUT2D eigenvalue weighted by Gasteiger charge is 2.41. The van der Waals surface area contributed by atoms with Crippen LogP contribution in [-0.2, 0) is 14.9 Å². The van der Waals surface area contributed by atoms with Crippen molar-refractivity contribution in [3.8, 4) is 6.19 Å². The molecule has 0 bridgehead atoms. The first kappa shape index (κ1) is 16.7. The normalized spacial score (nSPS) is 13.6. The van der Waals surface area contributed by atoms with E-state index >= 15 is 0 Å². The van der Waals surface area contributed by atoms with Crippen LogP contribution in [-0.4, -0.2) is 13.4 Å². The molecule has 25 heavy (non-hydrogen) atoms. The maximum Gasteiger partial charge on any atom is 0.269 e. The second-order valence-corrected chi connectivity index (χ2v) is 7.66. The van der Waals surface area contributed by atoms with Crippen molar-refractivity contribution in [3.63, 3.8) is 0 Å². The highest BCUT2D eigenvalue weighted by Crippen LogP contribution is 2.31. The highest BCUT2D eigenvalue weighted by atomic mass is 32.2. The maximum absolute atomic E-state index is 12.7. The summed E-state index contributed by atoms with van der Waals surface area (Å²) >= 11 is 0. The Morgan fingerprint density at radius 3 is 2.40 bits per heavy atom. The van der Waals surface area contributed by atoms with E-state index in [0.29, 0.717) is 11.4 Å². The minimum absolute atomic E-state index is 0.397. The minimum Gasteiger partial charge on any atom is -0.346 e. The summed E-state index contributed by atoms with van der Waals surface area (Å²) < 4.78 is 27.3. The van der Waals surface area contributed by atoms with Crippen molar-refractivity contribution in [2.45, 2.75) is 11.8 Å². The third-order valence-electron chi connectivity index (χ3n) is 4.01. The number of pyridine rings is 1. The fourth-order valence-corrected chi connectivity index (χ4v) is 3.60. The van der Waals surface area contributed by atoms with Crippen LogP contribution < -0.4 is 10.0 Å². The zero-order valence-electron chi connectivity index (χ0n) is 13.5. The number of rotatable bonds is 5. The van der Waals surface area contributed by atoms with E-state index in [1.165, 1.54) is 13.1 Å². The predicted molar refractivity (Wildman–Crippen MR) is 96.8 cm³/mol. The smallest absolute Gasteiger partial charge is 0.269 e. The SMILES string of the molecule is CC(Nc1ccc2ccccc2n1)(c1ccccc1)S(=O)(=O)NC#N. The topological polar surface area (TPSA) is 94.9 Å². The molecule has 6 nitrogen and oxygen atoms in total. The minimum atomic E-state index is -4.04. The van der Waals surface area contributed by atoms with Crippen LogP contribution in [0.15, 0.2) is 66.7 Å². The first-order valence-electron chi connectivity index (χ1n) is 7.56. The number of para-hydroxylation sites is 1. The first-order valence-corrected chi connectivity index (χ1v) is 9.04. The molecular weight excluding hydrogens is 336 g/mol. The van der Waals surface area contributed by atoms with E-state index < -0.39 is 14.9 Å². The average Bonchev–Trinajstić information content (AvgIpc) is 2.62. The predicted octanol–water partition coefficient (Wildman–Crippen LogP) is 2.92. The Kier molecular flexibility index (Phi) is 4.30. The number of aromatic nitrogens is 1. The zero-order valence-corrected chi connectivity index (χ0v) is 14.3. The van der Waals surface area contributed by atoms with Crippen molar-refractivity contribution >= 4 is 26.7 Å². The molecule has 0 spiro atoms. The standard InChI is InChI=1S/C18H16N4O2S/c1-18(25(23,24)20-13-19,15-8-3-2-4-9-15)22-17-12-11-14-7-5-6-10-16(14)21-17/h2-12,20H,1H3,(H,21,22). The first-order chi connectivity index (χ1) is 12.0. The van der Waals surface area contributed by atoms with Gasteiger partial charge in [-0.25, -0.2) is 18.1 Å². The van der Waals surface area contributed by atoms with Crippen LogP contribution in [0.25, 0.3) is 10.9 Å². The Morgan fingerprint density at radius 1 is 1.00 bits per heavy atom. The van der Waals surface area contributed by atoms with E-state index in [0.717, 1.165) is 10.9 Å². The van der Waals surface area contributed by atoms with E-state index in [1.807, 2.05) is 35.1 Å². The van der Waals surface area contributed by atoms with Gasteiger partial charge in [0.1, 0.15) is 5.82 Å². The van der Waals surface area contributed by atoms with Gasteiger partial charge in [-0.15, -0.1) is 0 Å². The Balaban J connectivity index is 2.10. The number of benzene rings is 2. The molecule has 3 aromatic rings. The summed E-state index contributed by atoms with van der Waals surface area (Å²) in [5, 5.41) is 12.8. The van der Waals surface area contributed by atoms with Gasteiger partial charge in [-0.05, 0) is 30.7 Å². The second-order valence-electron chi connectivity index (χ2n) is 5.63. The molecule has 0 aliphatic rings. The number of sulfonamides is 1. The molecule has 1 unspecified atom stereocenters. The molecule has 7 heteroatoms. The number of hydrogen-bond acceptors (Lipinski definition) is 5. The highest BCUT2D eigenvalue weighted by molar-refractivity contribution is 7.90. The third kappa shape index (κ3) is 3.12. The van der Waals surface area contributed by atoms with Gasteiger partial charge < -0.3 is 5.32 Å². The summed E-state index contributed by atoms with van der Waals surface area (Å²) in [5.41, 5.74) is 1.24. The van der Waals surface area contributed by atoms with Gasteiger partial charge in [-0.1, -0.05) is 48.5 Å². The van der Waals surface area contributed by atoms with E-state index in [1.54, 1.807) is 36.4 Å². The van der Waals surface area contributed by atoms with Crippen molar-refractivity contribution < 1.29 is 8.42 Å². The lowest BCUT2D eigenvalue weighted by Gasteiger charge is -2.30. The Hall–Kier alpha value is -3.11. The fourth-order valence-electron chi connectivity index (χ4n) is 2.59. The number of fused-ring (bicyclic) bond motifs is 1. The lowest BCUT2D eigenvalue weighted by molar-refractivity contribution is 0.553. The number of anilines is 1. The molecule has 1 atom stereocenters. The van der Waals surface area contributed by atoms with Crippen LogP contribution in [0.4, 0.5) is 5.82 Å². The van der Waals surface area contributed by atoms with Gasteiger partial charge in [-0.2, -0.15) is 5.26 Å². The molecule has 3 rings (SSSR count). The molecule has 126 valence electrons. The van der Waals surface area contributed by atoms with E-state index in [4.69, 9.17) is 5.26 Å². The number of nitrogens with one attached hydrogen (secondary N) is 2. The lowest BCUT2D eigenvalue weighted by Crippen LogP contribution is -2.46. The van der Waals surface area contributed by atoms with Crippen molar-refractivity contribution in [2.75, 3.05) is 5.32 Å². The largest absolute Gasteiger partial charge is 0.346 e. The van der Waals surface area contributed by atoms with Gasteiger partial charge in [-0.3, -0.25) is 0 Å². The molecule has 2 N–H and O–H groups in total. The van der Waals surface area contributed by atoms with E-state index in [9.17, 15) is 8.42 Å². The van der Waals surface area contributed by atoms with Gasteiger partial charge in [0.25, 0.3) is 10.0 Å². The summed E-state index contributed by atoms with van der Waals surface area (Å²) in [6.07, 6.45) is 1.50. The summed E-state index contributed by atoms with van der Waals surface area (Å²) in [6.45, 7) is 1.50. The van der Waals surface area contributed by atoms with E-state index in [-0.39, 0.29) is 0 Å². The summed E-state index contributed by atoms with van der Waals surface area (Å²) in [4.78, 5) is 2.90. The summed E-state index contributed by atoms with van der Waals surface area (Å²) in [6, 6.07) is 19.8. The quantitative estimate of drug-likeness (QED) is 0.544. The molecule has 0 aliphatic heterocycles. The molecular formula is C18H16N4O2S. The Bertz CT molecular complexity index is 1050. The molecule has 2 aromatic carbocycles.